The molecular formula is C16H27N3O2. The monoisotopic (exact) mass is 293 g/mol. The van der Waals surface area contributed by atoms with Crippen molar-refractivity contribution < 1.29 is 9.53 Å². The number of rotatable bonds is 1. The van der Waals surface area contributed by atoms with Crippen molar-refractivity contribution in [2.75, 3.05) is 13.1 Å². The van der Waals surface area contributed by atoms with Crippen molar-refractivity contribution in [2.24, 2.45) is 5.92 Å². The van der Waals surface area contributed by atoms with E-state index < -0.39 is 5.60 Å². The van der Waals surface area contributed by atoms with Gasteiger partial charge in [0, 0.05) is 18.2 Å². The second kappa shape index (κ2) is 5.61. The molecule has 0 aromatic carbocycles. The smallest absolute Gasteiger partial charge is 0.329 e. The van der Waals surface area contributed by atoms with Crippen LogP contribution in [0.15, 0.2) is 11.3 Å². The van der Waals surface area contributed by atoms with Gasteiger partial charge in [0.2, 0.25) is 0 Å². The molecule has 118 valence electrons. The predicted molar refractivity (Wildman–Crippen MR) is 81.5 cm³/mol. The zero-order valence-corrected chi connectivity index (χ0v) is 13.3. The normalized spacial score (nSPS) is 32.8. The minimum absolute atomic E-state index is 0.118. The van der Waals surface area contributed by atoms with Crippen LogP contribution in [0, 0.1) is 5.92 Å². The van der Waals surface area contributed by atoms with Gasteiger partial charge in [-0.05, 0) is 58.6 Å². The molecule has 3 unspecified atom stereocenters. The summed E-state index contributed by atoms with van der Waals surface area (Å²) in [5.41, 5.74) is 2.30. The van der Waals surface area contributed by atoms with E-state index in [1.807, 2.05) is 20.8 Å². The van der Waals surface area contributed by atoms with Crippen LogP contribution in [0.1, 0.15) is 46.5 Å². The largest absolute Gasteiger partial charge is 0.458 e. The minimum Gasteiger partial charge on any atom is -0.458 e. The zero-order valence-electron chi connectivity index (χ0n) is 13.3. The molecule has 2 saturated heterocycles. The number of nitrogens with one attached hydrogen (secondary N) is 3. The SMILES string of the molecule is CC(C)(C)OC(=O)C1CCC2CNC3NCCCC3=C2N1. The lowest BCUT2D eigenvalue weighted by Gasteiger charge is -2.42. The molecule has 3 rings (SSSR count). The standard InChI is InChI=1S/C16H27N3O2/c1-16(2,3)21-15(20)12-7-6-10-9-18-14-11(13(10)19-12)5-4-8-17-14/h10,12,14,17-19H,4-9H2,1-3H3. The Hall–Kier alpha value is -1.07. The van der Waals surface area contributed by atoms with Crippen LogP contribution in [-0.2, 0) is 9.53 Å². The summed E-state index contributed by atoms with van der Waals surface area (Å²) in [5.74, 6) is 0.405. The Kier molecular flexibility index (Phi) is 3.97. The maximum atomic E-state index is 12.3. The third-order valence-corrected chi connectivity index (χ3v) is 4.47. The maximum absolute atomic E-state index is 12.3. The Bertz CT molecular complexity index is 453. The van der Waals surface area contributed by atoms with Crippen LogP contribution in [0.25, 0.3) is 0 Å². The number of carbonyl (C=O) groups excluding carboxylic acids is 1. The summed E-state index contributed by atoms with van der Waals surface area (Å²) in [4.78, 5) is 12.3. The van der Waals surface area contributed by atoms with Gasteiger partial charge < -0.3 is 10.1 Å². The lowest BCUT2D eigenvalue weighted by atomic mass is 9.83. The highest BCUT2D eigenvalue weighted by molar-refractivity contribution is 5.76. The number of ether oxygens (including phenoxy) is 1. The molecule has 0 bridgehead atoms. The first kappa shape index (κ1) is 14.9. The first-order valence-electron chi connectivity index (χ1n) is 8.13. The predicted octanol–water partition coefficient (Wildman–Crippen LogP) is 1.26. The molecule has 0 spiro atoms. The average Bonchev–Trinajstić information content (AvgIpc) is 2.45. The van der Waals surface area contributed by atoms with Crippen molar-refractivity contribution in [2.45, 2.75) is 64.3 Å². The summed E-state index contributed by atoms with van der Waals surface area (Å²) in [6.07, 6.45) is 4.48. The van der Waals surface area contributed by atoms with E-state index in [0.717, 1.165) is 32.4 Å². The number of fused-ring (bicyclic) bond motifs is 2. The molecule has 0 aromatic heterocycles. The summed E-state index contributed by atoms with van der Waals surface area (Å²) in [7, 11) is 0. The molecule has 5 heteroatoms. The molecule has 3 heterocycles. The van der Waals surface area contributed by atoms with Crippen LogP contribution in [-0.4, -0.2) is 36.9 Å². The van der Waals surface area contributed by atoms with Gasteiger partial charge in [0.05, 0.1) is 6.17 Å². The van der Waals surface area contributed by atoms with Crippen molar-refractivity contribution in [3.8, 4) is 0 Å². The molecule has 3 N–H and O–H groups in total. The number of hydrogen-bond donors (Lipinski definition) is 3. The highest BCUT2D eigenvalue weighted by Gasteiger charge is 2.37. The van der Waals surface area contributed by atoms with Crippen molar-refractivity contribution in [3.05, 3.63) is 11.3 Å². The molecule has 3 atom stereocenters. The van der Waals surface area contributed by atoms with Crippen LogP contribution in [0.5, 0.6) is 0 Å². The summed E-state index contributed by atoms with van der Waals surface area (Å²) >= 11 is 0. The highest BCUT2D eigenvalue weighted by atomic mass is 16.6. The van der Waals surface area contributed by atoms with Crippen LogP contribution in [0.2, 0.25) is 0 Å². The fourth-order valence-corrected chi connectivity index (χ4v) is 3.54. The Morgan fingerprint density at radius 3 is 2.81 bits per heavy atom. The number of esters is 1. The number of carbonyl (C=O) groups is 1. The number of piperidine rings is 2. The van der Waals surface area contributed by atoms with Gasteiger partial charge in [0.15, 0.2) is 0 Å². The lowest BCUT2D eigenvalue weighted by Crippen LogP contribution is -2.57. The van der Waals surface area contributed by atoms with Crippen LogP contribution >= 0.6 is 0 Å². The van der Waals surface area contributed by atoms with Crippen LogP contribution in [0.4, 0.5) is 0 Å². The topological polar surface area (TPSA) is 62.4 Å². The van der Waals surface area contributed by atoms with Crippen molar-refractivity contribution in [1.82, 2.24) is 16.0 Å². The van der Waals surface area contributed by atoms with Crippen LogP contribution in [0.3, 0.4) is 0 Å². The number of hydrogen-bond acceptors (Lipinski definition) is 5. The van der Waals surface area contributed by atoms with Gasteiger partial charge in [-0.1, -0.05) is 0 Å². The van der Waals surface area contributed by atoms with Crippen molar-refractivity contribution >= 4 is 5.97 Å². The van der Waals surface area contributed by atoms with E-state index in [-0.39, 0.29) is 18.2 Å². The Morgan fingerprint density at radius 1 is 1.24 bits per heavy atom. The van der Waals surface area contributed by atoms with E-state index in [1.54, 1.807) is 0 Å². The molecule has 0 saturated carbocycles. The fraction of sp³-hybridized carbons (Fsp3) is 0.812. The molecule has 0 radical (unpaired) electrons. The van der Waals surface area contributed by atoms with Gasteiger partial charge in [-0.25, -0.2) is 4.79 Å². The third-order valence-electron chi connectivity index (χ3n) is 4.47. The summed E-state index contributed by atoms with van der Waals surface area (Å²) in [6.45, 7) is 7.82. The molecule has 0 aliphatic carbocycles. The first-order valence-corrected chi connectivity index (χ1v) is 8.13. The second-order valence-corrected chi connectivity index (χ2v) is 7.34. The van der Waals surface area contributed by atoms with E-state index in [9.17, 15) is 4.79 Å². The Labute approximate surface area is 126 Å². The molecule has 3 aliphatic rings. The molecule has 21 heavy (non-hydrogen) atoms. The molecule has 3 aliphatic heterocycles. The lowest BCUT2D eigenvalue weighted by molar-refractivity contribution is -0.158. The van der Waals surface area contributed by atoms with Gasteiger partial charge in [-0.3, -0.25) is 10.6 Å². The fourth-order valence-electron chi connectivity index (χ4n) is 3.54. The molecule has 0 aromatic rings. The van der Waals surface area contributed by atoms with Gasteiger partial charge in [0.25, 0.3) is 0 Å². The van der Waals surface area contributed by atoms with Gasteiger partial charge in [0.1, 0.15) is 11.6 Å². The van der Waals surface area contributed by atoms with E-state index in [4.69, 9.17) is 4.74 Å². The molecule has 5 nitrogen and oxygen atoms in total. The van der Waals surface area contributed by atoms with Gasteiger partial charge in [-0.15, -0.1) is 0 Å². The molecular weight excluding hydrogens is 266 g/mol. The first-order chi connectivity index (χ1) is 9.94. The Morgan fingerprint density at radius 2 is 2.05 bits per heavy atom. The van der Waals surface area contributed by atoms with Crippen molar-refractivity contribution in [3.63, 3.8) is 0 Å². The summed E-state index contributed by atoms with van der Waals surface area (Å²) in [5, 5.41) is 10.6. The summed E-state index contributed by atoms with van der Waals surface area (Å²) in [6, 6.07) is -0.191. The second-order valence-electron chi connectivity index (χ2n) is 7.34. The van der Waals surface area contributed by atoms with Crippen molar-refractivity contribution in [1.29, 1.82) is 0 Å². The van der Waals surface area contributed by atoms with Gasteiger partial charge in [-0.2, -0.15) is 0 Å². The van der Waals surface area contributed by atoms with E-state index in [0.29, 0.717) is 5.92 Å². The summed E-state index contributed by atoms with van der Waals surface area (Å²) < 4.78 is 5.54. The quantitative estimate of drug-likeness (QED) is 0.635. The van der Waals surface area contributed by atoms with Gasteiger partial charge >= 0.3 is 5.97 Å². The average molecular weight is 293 g/mol. The highest BCUT2D eigenvalue weighted by Crippen LogP contribution is 2.32. The zero-order chi connectivity index (χ0) is 15.0. The maximum Gasteiger partial charge on any atom is 0.329 e. The third kappa shape index (κ3) is 3.24. The van der Waals surface area contributed by atoms with E-state index in [1.165, 1.54) is 17.7 Å². The molecule has 2 fully saturated rings. The van der Waals surface area contributed by atoms with E-state index >= 15 is 0 Å². The minimum atomic E-state index is -0.420. The molecule has 0 amide bonds. The van der Waals surface area contributed by atoms with E-state index in [2.05, 4.69) is 16.0 Å². The Balaban J connectivity index is 1.75. The van der Waals surface area contributed by atoms with Crippen LogP contribution < -0.4 is 16.0 Å².